The highest BCUT2D eigenvalue weighted by Crippen LogP contribution is 2.17. The first-order valence-electron chi connectivity index (χ1n) is 8.45. The van der Waals surface area contributed by atoms with E-state index >= 15 is 0 Å². The van der Waals surface area contributed by atoms with Crippen molar-refractivity contribution in [1.82, 2.24) is 5.32 Å². The molecule has 0 bridgehead atoms. The molecule has 2 N–H and O–H groups in total. The molecule has 0 aliphatic rings. The highest BCUT2D eigenvalue weighted by atomic mass is 32.2. The number of anilines is 1. The van der Waals surface area contributed by atoms with Crippen molar-refractivity contribution in [2.24, 2.45) is 0 Å². The monoisotopic (exact) mass is 386 g/mol. The van der Waals surface area contributed by atoms with Crippen LogP contribution in [0.25, 0.3) is 0 Å². The first-order valence-corrected chi connectivity index (χ1v) is 9.44. The third-order valence-corrected chi connectivity index (χ3v) is 4.71. The number of ether oxygens (including phenoxy) is 1. The lowest BCUT2D eigenvalue weighted by Crippen LogP contribution is -2.37. The fourth-order valence-electron chi connectivity index (χ4n) is 2.13. The molecule has 0 unspecified atom stereocenters. The van der Waals surface area contributed by atoms with Crippen LogP contribution in [0, 0.1) is 13.8 Å². The Morgan fingerprint density at radius 3 is 2.44 bits per heavy atom. The maximum atomic E-state index is 11.8. The van der Waals surface area contributed by atoms with Crippen LogP contribution in [0.3, 0.4) is 0 Å². The minimum Gasteiger partial charge on any atom is -0.456 e. The van der Waals surface area contributed by atoms with Crippen LogP contribution in [-0.2, 0) is 14.3 Å². The van der Waals surface area contributed by atoms with E-state index in [4.69, 9.17) is 4.74 Å². The number of nitrogens with one attached hydrogen (secondary N) is 2. The standard InChI is InChI=1S/C20H22N2O4S/c1-14-8-9-16(12-15(14)2)21-20(25)22-18(23)13-26-19(24)10-11-27-17-6-4-3-5-7-17/h3-9,12H,10-11,13H2,1-2H3,(H2,21,22,23,25). The smallest absolute Gasteiger partial charge is 0.325 e. The Morgan fingerprint density at radius 1 is 1.00 bits per heavy atom. The largest absolute Gasteiger partial charge is 0.456 e. The van der Waals surface area contributed by atoms with Crippen molar-refractivity contribution in [3.8, 4) is 0 Å². The second-order valence-corrected chi connectivity index (χ2v) is 7.04. The van der Waals surface area contributed by atoms with Crippen LogP contribution in [-0.4, -0.2) is 30.3 Å². The summed E-state index contributed by atoms with van der Waals surface area (Å²) in [6.45, 7) is 3.41. The minimum absolute atomic E-state index is 0.182. The predicted octanol–water partition coefficient (Wildman–Crippen LogP) is 3.68. The summed E-state index contributed by atoms with van der Waals surface area (Å²) in [6.07, 6.45) is 0.182. The summed E-state index contributed by atoms with van der Waals surface area (Å²) >= 11 is 1.53. The van der Waals surface area contributed by atoms with Gasteiger partial charge in [-0.05, 0) is 49.2 Å². The van der Waals surface area contributed by atoms with E-state index in [1.54, 1.807) is 6.07 Å². The third-order valence-electron chi connectivity index (χ3n) is 3.70. The van der Waals surface area contributed by atoms with Crippen LogP contribution in [0.5, 0.6) is 0 Å². The van der Waals surface area contributed by atoms with E-state index in [1.807, 2.05) is 56.3 Å². The molecular weight excluding hydrogens is 364 g/mol. The van der Waals surface area contributed by atoms with Gasteiger partial charge in [0, 0.05) is 16.3 Å². The first kappa shape index (κ1) is 20.5. The molecule has 0 aromatic heterocycles. The fourth-order valence-corrected chi connectivity index (χ4v) is 2.99. The number of hydrogen-bond donors (Lipinski definition) is 2. The maximum Gasteiger partial charge on any atom is 0.325 e. The SMILES string of the molecule is Cc1ccc(NC(=O)NC(=O)COC(=O)CCSc2ccccc2)cc1C. The predicted molar refractivity (Wildman–Crippen MR) is 106 cm³/mol. The van der Waals surface area contributed by atoms with Gasteiger partial charge in [0.1, 0.15) is 0 Å². The van der Waals surface area contributed by atoms with E-state index in [2.05, 4.69) is 10.6 Å². The van der Waals surface area contributed by atoms with E-state index in [0.717, 1.165) is 16.0 Å². The summed E-state index contributed by atoms with van der Waals surface area (Å²) in [6, 6.07) is 14.5. The normalized spacial score (nSPS) is 10.1. The van der Waals surface area contributed by atoms with Crippen LogP contribution >= 0.6 is 11.8 Å². The van der Waals surface area contributed by atoms with Gasteiger partial charge in [-0.3, -0.25) is 14.9 Å². The molecule has 6 nitrogen and oxygen atoms in total. The number of rotatable bonds is 7. The molecule has 7 heteroatoms. The Balaban J connectivity index is 1.65. The van der Waals surface area contributed by atoms with Gasteiger partial charge in [-0.25, -0.2) is 4.79 Å². The molecule has 3 amide bonds. The van der Waals surface area contributed by atoms with Crippen LogP contribution in [0.1, 0.15) is 17.5 Å². The number of imide groups is 1. The van der Waals surface area contributed by atoms with Gasteiger partial charge in [0.15, 0.2) is 6.61 Å². The number of benzene rings is 2. The van der Waals surface area contributed by atoms with Crippen LogP contribution < -0.4 is 10.6 Å². The second kappa shape index (κ2) is 10.4. The molecule has 0 saturated heterocycles. The van der Waals surface area contributed by atoms with Gasteiger partial charge in [0.25, 0.3) is 5.91 Å². The summed E-state index contributed by atoms with van der Waals surface area (Å²) in [5.74, 6) is -0.610. The molecule has 0 aliphatic carbocycles. The van der Waals surface area contributed by atoms with Gasteiger partial charge >= 0.3 is 12.0 Å². The summed E-state index contributed by atoms with van der Waals surface area (Å²) < 4.78 is 4.88. The molecule has 0 spiro atoms. The average molecular weight is 386 g/mol. The molecular formula is C20H22N2O4S. The number of aryl methyl sites for hydroxylation is 2. The first-order chi connectivity index (χ1) is 12.9. The van der Waals surface area contributed by atoms with Crippen molar-refractivity contribution >= 4 is 35.4 Å². The molecule has 2 rings (SSSR count). The zero-order valence-corrected chi connectivity index (χ0v) is 16.1. The van der Waals surface area contributed by atoms with Crippen molar-refractivity contribution in [2.75, 3.05) is 17.7 Å². The quantitative estimate of drug-likeness (QED) is 0.560. The zero-order chi connectivity index (χ0) is 19.6. The lowest BCUT2D eigenvalue weighted by Gasteiger charge is -2.09. The van der Waals surface area contributed by atoms with Crippen molar-refractivity contribution in [1.29, 1.82) is 0 Å². The van der Waals surface area contributed by atoms with Gasteiger partial charge in [0.05, 0.1) is 6.42 Å². The highest BCUT2D eigenvalue weighted by molar-refractivity contribution is 7.99. The lowest BCUT2D eigenvalue weighted by atomic mass is 10.1. The number of urea groups is 1. The van der Waals surface area contributed by atoms with Gasteiger partial charge in [-0.2, -0.15) is 0 Å². The molecule has 2 aromatic carbocycles. The molecule has 0 radical (unpaired) electrons. The number of esters is 1. The zero-order valence-electron chi connectivity index (χ0n) is 15.3. The summed E-state index contributed by atoms with van der Waals surface area (Å²) in [4.78, 5) is 36.2. The number of carbonyl (C=O) groups excluding carboxylic acids is 3. The molecule has 2 aromatic rings. The Morgan fingerprint density at radius 2 is 1.74 bits per heavy atom. The number of thioether (sulfide) groups is 1. The van der Waals surface area contributed by atoms with Crippen molar-refractivity contribution < 1.29 is 19.1 Å². The summed E-state index contributed by atoms with van der Waals surface area (Å²) in [7, 11) is 0. The highest BCUT2D eigenvalue weighted by Gasteiger charge is 2.11. The van der Waals surface area contributed by atoms with Gasteiger partial charge < -0.3 is 10.1 Å². The Labute approximate surface area is 162 Å². The maximum absolute atomic E-state index is 11.8. The topological polar surface area (TPSA) is 84.5 Å². The summed E-state index contributed by atoms with van der Waals surface area (Å²) in [5, 5.41) is 4.69. The van der Waals surface area contributed by atoms with Crippen LogP contribution in [0.4, 0.5) is 10.5 Å². The van der Waals surface area contributed by atoms with Gasteiger partial charge in [0.2, 0.25) is 0 Å². The fraction of sp³-hybridized carbons (Fsp3) is 0.250. The van der Waals surface area contributed by atoms with E-state index in [-0.39, 0.29) is 6.42 Å². The lowest BCUT2D eigenvalue weighted by molar-refractivity contribution is -0.147. The molecule has 142 valence electrons. The van der Waals surface area contributed by atoms with Crippen molar-refractivity contribution in [2.45, 2.75) is 25.2 Å². The van der Waals surface area contributed by atoms with E-state index in [9.17, 15) is 14.4 Å². The Kier molecular flexibility index (Phi) is 7.88. The van der Waals surface area contributed by atoms with Crippen molar-refractivity contribution in [3.63, 3.8) is 0 Å². The third kappa shape index (κ3) is 7.53. The second-order valence-electron chi connectivity index (χ2n) is 5.87. The summed E-state index contributed by atoms with van der Waals surface area (Å²) in [5.41, 5.74) is 2.72. The van der Waals surface area contributed by atoms with Gasteiger partial charge in [-0.1, -0.05) is 24.3 Å². The molecule has 0 heterocycles. The molecule has 0 saturated carbocycles. The van der Waals surface area contributed by atoms with E-state index in [0.29, 0.717) is 11.4 Å². The molecule has 0 fully saturated rings. The average Bonchev–Trinajstić information content (AvgIpc) is 2.64. The van der Waals surface area contributed by atoms with E-state index in [1.165, 1.54) is 11.8 Å². The number of carbonyl (C=O) groups is 3. The van der Waals surface area contributed by atoms with Gasteiger partial charge in [-0.15, -0.1) is 11.8 Å². The van der Waals surface area contributed by atoms with Crippen LogP contribution in [0.15, 0.2) is 53.4 Å². The molecule has 0 atom stereocenters. The number of amides is 3. The Bertz CT molecular complexity index is 809. The van der Waals surface area contributed by atoms with Crippen LogP contribution in [0.2, 0.25) is 0 Å². The van der Waals surface area contributed by atoms with Crippen molar-refractivity contribution in [3.05, 3.63) is 59.7 Å². The van der Waals surface area contributed by atoms with E-state index < -0.39 is 24.5 Å². The molecule has 27 heavy (non-hydrogen) atoms. The number of hydrogen-bond acceptors (Lipinski definition) is 5. The Hall–Kier alpha value is -2.80. The molecule has 0 aliphatic heterocycles. The minimum atomic E-state index is -0.680.